The predicted octanol–water partition coefficient (Wildman–Crippen LogP) is 4.15. The van der Waals surface area contributed by atoms with E-state index in [0.29, 0.717) is 9.87 Å². The molecule has 0 amide bonds. The Bertz CT molecular complexity index is 730. The van der Waals surface area contributed by atoms with Gasteiger partial charge in [0.1, 0.15) is 11.4 Å². The molecule has 3 nitrogen and oxygen atoms in total. The van der Waals surface area contributed by atoms with Gasteiger partial charge in [0.05, 0.1) is 5.02 Å². The standard InChI is InChI=1S/C13H11ClF3NO2S2/c14-11-3-1-2-4-12(11)22(19,20)18(9-13(15,16)17)7-10-5-6-21-8-10/h1-6,8H,7,9H2. The van der Waals surface area contributed by atoms with Crippen LogP contribution in [-0.2, 0) is 16.6 Å². The van der Waals surface area contributed by atoms with Gasteiger partial charge in [0.15, 0.2) is 0 Å². The van der Waals surface area contributed by atoms with Crippen molar-refractivity contribution in [1.29, 1.82) is 0 Å². The molecule has 0 spiro atoms. The summed E-state index contributed by atoms with van der Waals surface area (Å²) in [6.45, 7) is -1.94. The van der Waals surface area contributed by atoms with Crippen LogP contribution in [0.3, 0.4) is 0 Å². The van der Waals surface area contributed by atoms with E-state index in [1.807, 2.05) is 0 Å². The van der Waals surface area contributed by atoms with Crippen molar-refractivity contribution < 1.29 is 21.6 Å². The number of benzene rings is 1. The molecule has 9 heteroatoms. The Balaban J connectivity index is 2.41. The van der Waals surface area contributed by atoms with Crippen molar-refractivity contribution in [3.05, 3.63) is 51.7 Å². The van der Waals surface area contributed by atoms with E-state index in [0.717, 1.165) is 0 Å². The maximum atomic E-state index is 12.7. The Kier molecular flexibility index (Phi) is 5.16. The highest BCUT2D eigenvalue weighted by Crippen LogP contribution is 2.28. The number of thiophene rings is 1. The van der Waals surface area contributed by atoms with Crippen molar-refractivity contribution in [2.24, 2.45) is 0 Å². The lowest BCUT2D eigenvalue weighted by atomic mass is 10.3. The van der Waals surface area contributed by atoms with Crippen molar-refractivity contribution in [3.63, 3.8) is 0 Å². The number of nitrogens with zero attached hydrogens (tertiary/aromatic N) is 1. The second-order valence-electron chi connectivity index (χ2n) is 4.45. The molecule has 2 aromatic rings. The zero-order valence-corrected chi connectivity index (χ0v) is 13.4. The van der Waals surface area contributed by atoms with Crippen LogP contribution < -0.4 is 0 Å². The lowest BCUT2D eigenvalue weighted by Crippen LogP contribution is -2.38. The molecule has 0 aliphatic carbocycles. The Morgan fingerprint density at radius 2 is 1.86 bits per heavy atom. The van der Waals surface area contributed by atoms with Crippen LogP contribution in [0.2, 0.25) is 5.02 Å². The van der Waals surface area contributed by atoms with Crippen LogP contribution >= 0.6 is 22.9 Å². The molecule has 0 unspecified atom stereocenters. The molecule has 0 atom stereocenters. The molecule has 0 saturated carbocycles. The number of rotatable bonds is 5. The van der Waals surface area contributed by atoms with Crippen molar-refractivity contribution in [2.75, 3.05) is 6.54 Å². The second kappa shape index (κ2) is 6.57. The van der Waals surface area contributed by atoms with E-state index in [9.17, 15) is 21.6 Å². The molecule has 0 saturated heterocycles. The van der Waals surface area contributed by atoms with Crippen LogP contribution in [0.1, 0.15) is 5.56 Å². The van der Waals surface area contributed by atoms with E-state index in [1.165, 1.54) is 35.6 Å². The van der Waals surface area contributed by atoms with Crippen molar-refractivity contribution in [3.8, 4) is 0 Å². The molecule has 0 fully saturated rings. The minimum absolute atomic E-state index is 0.111. The Labute approximate surface area is 135 Å². The van der Waals surface area contributed by atoms with Crippen LogP contribution in [-0.4, -0.2) is 25.4 Å². The molecule has 22 heavy (non-hydrogen) atoms. The summed E-state index contributed by atoms with van der Waals surface area (Å²) in [5.41, 5.74) is 0.491. The van der Waals surface area contributed by atoms with Crippen LogP contribution in [0.5, 0.6) is 0 Å². The van der Waals surface area contributed by atoms with E-state index in [1.54, 1.807) is 16.8 Å². The molecular weight excluding hydrogens is 359 g/mol. The van der Waals surface area contributed by atoms with Gasteiger partial charge in [-0.2, -0.15) is 28.8 Å². The topological polar surface area (TPSA) is 37.4 Å². The fourth-order valence-electron chi connectivity index (χ4n) is 1.81. The minimum Gasteiger partial charge on any atom is -0.207 e. The summed E-state index contributed by atoms with van der Waals surface area (Å²) in [5.74, 6) is 0. The lowest BCUT2D eigenvalue weighted by Gasteiger charge is -2.23. The summed E-state index contributed by atoms with van der Waals surface area (Å²) in [6, 6.07) is 7.01. The fourth-order valence-corrected chi connectivity index (χ4v) is 4.37. The highest BCUT2D eigenvalue weighted by Gasteiger charge is 2.37. The number of hydrogen-bond donors (Lipinski definition) is 0. The molecule has 1 aromatic carbocycles. The molecule has 0 aliphatic heterocycles. The van der Waals surface area contributed by atoms with Gasteiger partial charge in [0.2, 0.25) is 10.0 Å². The molecule has 0 aliphatic rings. The minimum atomic E-state index is -4.65. The third-order valence-electron chi connectivity index (χ3n) is 2.75. The van der Waals surface area contributed by atoms with Crippen LogP contribution in [0, 0.1) is 0 Å². The maximum Gasteiger partial charge on any atom is 0.402 e. The van der Waals surface area contributed by atoms with Crippen LogP contribution in [0.15, 0.2) is 46.0 Å². The first-order valence-corrected chi connectivity index (χ1v) is 8.79. The lowest BCUT2D eigenvalue weighted by molar-refractivity contribution is -0.136. The quantitative estimate of drug-likeness (QED) is 0.793. The summed E-state index contributed by atoms with van der Waals surface area (Å²) in [5, 5.41) is 3.16. The normalized spacial score (nSPS) is 12.8. The van der Waals surface area contributed by atoms with Crippen molar-refractivity contribution in [1.82, 2.24) is 4.31 Å². The number of sulfonamides is 1. The van der Waals surface area contributed by atoms with Crippen molar-refractivity contribution >= 4 is 33.0 Å². The predicted molar refractivity (Wildman–Crippen MR) is 79.4 cm³/mol. The van der Waals surface area contributed by atoms with Gasteiger partial charge in [-0.3, -0.25) is 0 Å². The zero-order valence-electron chi connectivity index (χ0n) is 11.0. The molecule has 120 valence electrons. The fraction of sp³-hybridized carbons (Fsp3) is 0.231. The first-order chi connectivity index (χ1) is 10.2. The first-order valence-electron chi connectivity index (χ1n) is 6.02. The summed E-state index contributed by atoms with van der Waals surface area (Å²) in [6.07, 6.45) is -4.65. The third-order valence-corrected chi connectivity index (χ3v) is 5.77. The zero-order chi connectivity index (χ0) is 16.4. The SMILES string of the molecule is O=S(=O)(c1ccccc1Cl)N(Cc1ccsc1)CC(F)(F)F. The number of hydrogen-bond acceptors (Lipinski definition) is 3. The summed E-state index contributed by atoms with van der Waals surface area (Å²) in [4.78, 5) is -0.337. The van der Waals surface area contributed by atoms with Gasteiger partial charge in [0, 0.05) is 6.54 Å². The van der Waals surface area contributed by atoms with E-state index in [4.69, 9.17) is 11.6 Å². The monoisotopic (exact) mass is 369 g/mol. The largest absolute Gasteiger partial charge is 0.402 e. The average molecular weight is 370 g/mol. The number of halogens is 4. The molecule has 0 radical (unpaired) electrons. The van der Waals surface area contributed by atoms with Crippen molar-refractivity contribution in [2.45, 2.75) is 17.6 Å². The van der Waals surface area contributed by atoms with Crippen LogP contribution in [0.4, 0.5) is 13.2 Å². The first kappa shape index (κ1) is 17.3. The Morgan fingerprint density at radius 1 is 1.18 bits per heavy atom. The maximum absolute atomic E-state index is 12.7. The summed E-state index contributed by atoms with van der Waals surface area (Å²) < 4.78 is 63.6. The van der Waals surface area contributed by atoms with Gasteiger partial charge in [-0.1, -0.05) is 23.7 Å². The highest BCUT2D eigenvalue weighted by atomic mass is 35.5. The number of alkyl halides is 3. The van der Waals surface area contributed by atoms with E-state index < -0.39 is 22.7 Å². The molecular formula is C13H11ClF3NO2S2. The Hall–Kier alpha value is -1.09. The molecule has 2 rings (SSSR count). The van der Waals surface area contributed by atoms with Crippen LogP contribution in [0.25, 0.3) is 0 Å². The smallest absolute Gasteiger partial charge is 0.207 e. The van der Waals surface area contributed by atoms with E-state index in [2.05, 4.69) is 0 Å². The van der Waals surface area contributed by atoms with Gasteiger partial charge in [0.25, 0.3) is 0 Å². The summed E-state index contributed by atoms with van der Waals surface area (Å²) >= 11 is 7.10. The molecule has 0 bridgehead atoms. The average Bonchev–Trinajstić information content (AvgIpc) is 2.89. The molecule has 1 heterocycles. The van der Waals surface area contributed by atoms with E-state index >= 15 is 0 Å². The molecule has 0 N–H and O–H groups in total. The highest BCUT2D eigenvalue weighted by molar-refractivity contribution is 7.89. The van der Waals surface area contributed by atoms with Gasteiger partial charge < -0.3 is 0 Å². The summed E-state index contributed by atoms with van der Waals surface area (Å²) in [7, 11) is -4.35. The Morgan fingerprint density at radius 3 is 2.41 bits per heavy atom. The van der Waals surface area contributed by atoms with Gasteiger partial charge in [-0.25, -0.2) is 8.42 Å². The van der Waals surface area contributed by atoms with Gasteiger partial charge in [-0.05, 0) is 34.5 Å². The van der Waals surface area contributed by atoms with Gasteiger partial charge in [-0.15, -0.1) is 0 Å². The third kappa shape index (κ3) is 4.22. The van der Waals surface area contributed by atoms with E-state index in [-0.39, 0.29) is 16.5 Å². The molecule has 1 aromatic heterocycles. The second-order valence-corrected chi connectivity index (χ2v) is 7.54. The van der Waals surface area contributed by atoms with Gasteiger partial charge >= 0.3 is 6.18 Å².